The zero-order chi connectivity index (χ0) is 17.5. The molecule has 2 N–H and O–H groups in total. The highest BCUT2D eigenvalue weighted by molar-refractivity contribution is 5.94. The second-order valence-corrected chi connectivity index (χ2v) is 4.86. The SMILES string of the molecule is COc1ccc([C@@H](CC(=O)O)NC(=O)c2ccnnc2)c(OC)c1. The van der Waals surface area contributed by atoms with Gasteiger partial charge in [-0.15, -0.1) is 0 Å². The van der Waals surface area contributed by atoms with Crippen molar-refractivity contribution in [1.82, 2.24) is 15.5 Å². The van der Waals surface area contributed by atoms with Crippen LogP contribution in [0, 0.1) is 0 Å². The molecule has 1 aromatic carbocycles. The van der Waals surface area contributed by atoms with Gasteiger partial charge in [0.15, 0.2) is 0 Å². The molecule has 1 amide bonds. The minimum Gasteiger partial charge on any atom is -0.497 e. The third-order valence-electron chi connectivity index (χ3n) is 3.35. The Labute approximate surface area is 138 Å². The third-order valence-corrected chi connectivity index (χ3v) is 3.35. The van der Waals surface area contributed by atoms with E-state index in [2.05, 4.69) is 15.5 Å². The summed E-state index contributed by atoms with van der Waals surface area (Å²) in [5.41, 5.74) is 0.823. The van der Waals surface area contributed by atoms with Crippen molar-refractivity contribution in [3.05, 3.63) is 47.8 Å². The minimum atomic E-state index is -1.05. The first-order valence-electron chi connectivity index (χ1n) is 7.06. The smallest absolute Gasteiger partial charge is 0.305 e. The number of carbonyl (C=O) groups excluding carboxylic acids is 1. The van der Waals surface area contributed by atoms with Crippen LogP contribution in [-0.2, 0) is 4.79 Å². The van der Waals surface area contributed by atoms with Gasteiger partial charge in [-0.3, -0.25) is 9.59 Å². The fourth-order valence-corrected chi connectivity index (χ4v) is 2.19. The molecule has 0 saturated carbocycles. The quantitative estimate of drug-likeness (QED) is 0.789. The molecule has 0 radical (unpaired) electrons. The third kappa shape index (κ3) is 4.19. The van der Waals surface area contributed by atoms with E-state index in [4.69, 9.17) is 14.6 Å². The molecule has 0 aliphatic rings. The summed E-state index contributed by atoms with van der Waals surface area (Å²) in [4.78, 5) is 23.5. The molecule has 8 heteroatoms. The summed E-state index contributed by atoms with van der Waals surface area (Å²) in [5, 5.41) is 19.1. The molecule has 2 aromatic rings. The number of amides is 1. The Kier molecular flexibility index (Phi) is 5.67. The van der Waals surface area contributed by atoms with Gasteiger partial charge >= 0.3 is 5.97 Å². The number of methoxy groups -OCH3 is 2. The molecule has 0 unspecified atom stereocenters. The number of nitrogens with zero attached hydrogens (tertiary/aromatic N) is 2. The van der Waals surface area contributed by atoms with E-state index >= 15 is 0 Å². The van der Waals surface area contributed by atoms with Gasteiger partial charge in [-0.1, -0.05) is 0 Å². The summed E-state index contributed by atoms with van der Waals surface area (Å²) in [6, 6.07) is 5.68. The van der Waals surface area contributed by atoms with Gasteiger partial charge in [-0.25, -0.2) is 0 Å². The molecule has 126 valence electrons. The number of carboxylic acid groups (broad SMARTS) is 1. The summed E-state index contributed by atoms with van der Waals surface area (Å²) in [6.07, 6.45) is 2.39. The topological polar surface area (TPSA) is 111 Å². The molecule has 0 fully saturated rings. The maximum Gasteiger partial charge on any atom is 0.305 e. The van der Waals surface area contributed by atoms with Crippen LogP contribution in [0.25, 0.3) is 0 Å². The van der Waals surface area contributed by atoms with Crippen molar-refractivity contribution < 1.29 is 24.2 Å². The van der Waals surface area contributed by atoms with Crippen LogP contribution in [0.5, 0.6) is 11.5 Å². The monoisotopic (exact) mass is 331 g/mol. The lowest BCUT2D eigenvalue weighted by molar-refractivity contribution is -0.137. The van der Waals surface area contributed by atoms with E-state index in [9.17, 15) is 9.59 Å². The Balaban J connectivity index is 2.31. The van der Waals surface area contributed by atoms with Crippen molar-refractivity contribution in [2.24, 2.45) is 0 Å². The molecule has 24 heavy (non-hydrogen) atoms. The van der Waals surface area contributed by atoms with E-state index in [0.29, 0.717) is 17.1 Å². The zero-order valence-electron chi connectivity index (χ0n) is 13.2. The number of nitrogens with one attached hydrogen (secondary N) is 1. The first-order chi connectivity index (χ1) is 11.5. The highest BCUT2D eigenvalue weighted by Crippen LogP contribution is 2.31. The number of carbonyl (C=O) groups is 2. The second kappa shape index (κ2) is 7.91. The van der Waals surface area contributed by atoms with Gasteiger partial charge in [0.2, 0.25) is 0 Å². The van der Waals surface area contributed by atoms with Crippen LogP contribution in [0.3, 0.4) is 0 Å². The first-order valence-corrected chi connectivity index (χ1v) is 7.06. The first kappa shape index (κ1) is 17.2. The van der Waals surface area contributed by atoms with E-state index in [0.717, 1.165) is 0 Å². The second-order valence-electron chi connectivity index (χ2n) is 4.86. The lowest BCUT2D eigenvalue weighted by Crippen LogP contribution is -2.30. The van der Waals surface area contributed by atoms with Crippen LogP contribution < -0.4 is 14.8 Å². The van der Waals surface area contributed by atoms with Crippen molar-refractivity contribution in [1.29, 1.82) is 0 Å². The summed E-state index contributed by atoms with van der Waals surface area (Å²) in [5.74, 6) is -0.511. The lowest BCUT2D eigenvalue weighted by Gasteiger charge is -2.20. The van der Waals surface area contributed by atoms with E-state index < -0.39 is 17.9 Å². The average molecular weight is 331 g/mol. The Morgan fingerprint density at radius 1 is 1.21 bits per heavy atom. The summed E-state index contributed by atoms with van der Waals surface area (Å²) >= 11 is 0. The van der Waals surface area contributed by atoms with Gasteiger partial charge in [0.1, 0.15) is 11.5 Å². The molecule has 1 heterocycles. The van der Waals surface area contributed by atoms with E-state index in [-0.39, 0.29) is 12.0 Å². The normalized spacial score (nSPS) is 11.4. The number of ether oxygens (including phenoxy) is 2. The number of hydrogen-bond donors (Lipinski definition) is 2. The number of aliphatic carboxylic acids is 1. The van der Waals surface area contributed by atoms with Crippen LogP contribution in [0.1, 0.15) is 28.4 Å². The van der Waals surface area contributed by atoms with Crippen molar-refractivity contribution >= 4 is 11.9 Å². The molecule has 0 saturated heterocycles. The van der Waals surface area contributed by atoms with Crippen LogP contribution in [0.4, 0.5) is 0 Å². The Morgan fingerprint density at radius 2 is 2.00 bits per heavy atom. The van der Waals surface area contributed by atoms with E-state index in [1.54, 1.807) is 18.2 Å². The van der Waals surface area contributed by atoms with Gasteiger partial charge < -0.3 is 19.9 Å². The fourth-order valence-electron chi connectivity index (χ4n) is 2.19. The number of rotatable bonds is 7. The van der Waals surface area contributed by atoms with Crippen molar-refractivity contribution in [2.45, 2.75) is 12.5 Å². The van der Waals surface area contributed by atoms with Crippen molar-refractivity contribution in [3.63, 3.8) is 0 Å². The number of aromatic nitrogens is 2. The Hall–Kier alpha value is -3.16. The molecule has 0 aliphatic heterocycles. The lowest BCUT2D eigenvalue weighted by atomic mass is 10.0. The highest BCUT2D eigenvalue weighted by Gasteiger charge is 2.22. The molecule has 0 bridgehead atoms. The average Bonchev–Trinajstić information content (AvgIpc) is 2.60. The molecular formula is C16H17N3O5. The largest absolute Gasteiger partial charge is 0.497 e. The Morgan fingerprint density at radius 3 is 2.58 bits per heavy atom. The molecule has 1 aromatic heterocycles. The van der Waals surface area contributed by atoms with Gasteiger partial charge in [-0.05, 0) is 18.2 Å². The molecule has 0 spiro atoms. The number of carboxylic acids is 1. The molecule has 0 aliphatic carbocycles. The van der Waals surface area contributed by atoms with Crippen LogP contribution in [0.2, 0.25) is 0 Å². The van der Waals surface area contributed by atoms with Crippen LogP contribution in [0.15, 0.2) is 36.7 Å². The van der Waals surface area contributed by atoms with Gasteiger partial charge in [-0.2, -0.15) is 10.2 Å². The fraction of sp³-hybridized carbons (Fsp3) is 0.250. The highest BCUT2D eigenvalue weighted by atomic mass is 16.5. The maximum atomic E-state index is 12.3. The van der Waals surface area contributed by atoms with E-state index in [1.165, 1.54) is 32.7 Å². The van der Waals surface area contributed by atoms with Gasteiger partial charge in [0, 0.05) is 11.6 Å². The predicted octanol–water partition coefficient (Wildman–Crippen LogP) is 1.44. The van der Waals surface area contributed by atoms with Crippen LogP contribution in [-0.4, -0.2) is 41.4 Å². The van der Waals surface area contributed by atoms with Crippen LogP contribution >= 0.6 is 0 Å². The predicted molar refractivity (Wildman–Crippen MR) is 84.0 cm³/mol. The molecule has 2 rings (SSSR count). The molecule has 8 nitrogen and oxygen atoms in total. The summed E-state index contributed by atoms with van der Waals surface area (Å²) in [7, 11) is 2.98. The van der Waals surface area contributed by atoms with E-state index in [1.807, 2.05) is 0 Å². The summed E-state index contributed by atoms with van der Waals surface area (Å²) < 4.78 is 10.4. The molecular weight excluding hydrogens is 314 g/mol. The molecule has 1 atom stereocenters. The zero-order valence-corrected chi connectivity index (χ0v) is 13.2. The van der Waals surface area contributed by atoms with Crippen molar-refractivity contribution in [2.75, 3.05) is 14.2 Å². The number of benzene rings is 1. The van der Waals surface area contributed by atoms with Gasteiger partial charge in [0.25, 0.3) is 5.91 Å². The minimum absolute atomic E-state index is 0.285. The number of hydrogen-bond acceptors (Lipinski definition) is 6. The van der Waals surface area contributed by atoms with Crippen molar-refractivity contribution in [3.8, 4) is 11.5 Å². The summed E-state index contributed by atoms with van der Waals surface area (Å²) in [6.45, 7) is 0. The standard InChI is InChI=1S/C16H17N3O5/c1-23-11-3-4-12(14(7-11)24-2)13(8-15(20)21)19-16(22)10-5-6-17-18-9-10/h3-7,9,13H,8H2,1-2H3,(H,19,22)(H,20,21)/t13-/m1/s1. The maximum absolute atomic E-state index is 12.3. The Bertz CT molecular complexity index is 721. The van der Waals surface area contributed by atoms with Gasteiger partial charge in [0.05, 0.1) is 44.6 Å².